The molecule has 0 saturated carbocycles. The fourth-order valence-corrected chi connectivity index (χ4v) is 8.44. The standard InChI is InChI=1S/C45H29N/c1-2-14-32(15-3-1)46(33-28-27-31-26-25-30-13-4-5-16-34(30)38(31)29-33)43-24-12-23-42-44(43)37-19-8-11-22-41(37)45(42)39-20-9-6-17-35(39)36-18-7-10-21-40(36)45/h1-29H. The fourth-order valence-electron chi connectivity index (χ4n) is 8.44. The van der Waals surface area contributed by atoms with Crippen molar-refractivity contribution in [2.45, 2.75) is 5.41 Å². The van der Waals surface area contributed by atoms with Crippen molar-refractivity contribution in [1.82, 2.24) is 0 Å². The average molecular weight is 584 g/mol. The third-order valence-corrected chi connectivity index (χ3v) is 10.2. The minimum atomic E-state index is -0.378. The maximum atomic E-state index is 2.46. The van der Waals surface area contributed by atoms with Crippen molar-refractivity contribution in [3.05, 3.63) is 198 Å². The van der Waals surface area contributed by atoms with E-state index in [0.717, 1.165) is 11.4 Å². The molecule has 214 valence electrons. The lowest BCUT2D eigenvalue weighted by Gasteiger charge is -2.32. The van der Waals surface area contributed by atoms with Crippen molar-refractivity contribution in [2.75, 3.05) is 4.90 Å². The third-order valence-electron chi connectivity index (χ3n) is 10.2. The second kappa shape index (κ2) is 9.54. The minimum absolute atomic E-state index is 0.378. The molecule has 8 aromatic carbocycles. The molecule has 8 aromatic rings. The van der Waals surface area contributed by atoms with E-state index in [9.17, 15) is 0 Å². The van der Waals surface area contributed by atoms with Crippen LogP contribution in [0.2, 0.25) is 0 Å². The number of benzene rings is 8. The first-order valence-corrected chi connectivity index (χ1v) is 16.0. The van der Waals surface area contributed by atoms with Crippen molar-refractivity contribution < 1.29 is 0 Å². The molecule has 0 saturated heterocycles. The molecular weight excluding hydrogens is 555 g/mol. The van der Waals surface area contributed by atoms with Gasteiger partial charge >= 0.3 is 0 Å². The Morgan fingerprint density at radius 3 is 1.63 bits per heavy atom. The van der Waals surface area contributed by atoms with Crippen molar-refractivity contribution in [3.63, 3.8) is 0 Å². The lowest BCUT2D eigenvalue weighted by molar-refractivity contribution is 0.794. The van der Waals surface area contributed by atoms with Gasteiger partial charge in [0.1, 0.15) is 0 Å². The predicted octanol–water partition coefficient (Wildman–Crippen LogP) is 11.8. The fraction of sp³-hybridized carbons (Fsp3) is 0.0222. The molecule has 1 nitrogen and oxygen atoms in total. The van der Waals surface area contributed by atoms with Crippen molar-refractivity contribution in [1.29, 1.82) is 0 Å². The summed E-state index contributed by atoms with van der Waals surface area (Å²) in [5.41, 5.74) is 13.8. The summed E-state index contributed by atoms with van der Waals surface area (Å²) >= 11 is 0. The molecule has 0 atom stereocenters. The van der Waals surface area contributed by atoms with Gasteiger partial charge in [-0.1, -0.05) is 146 Å². The maximum Gasteiger partial charge on any atom is 0.0726 e. The Labute approximate surface area is 268 Å². The Morgan fingerprint density at radius 1 is 0.348 bits per heavy atom. The second-order valence-electron chi connectivity index (χ2n) is 12.4. The van der Waals surface area contributed by atoms with Crippen molar-refractivity contribution in [2.24, 2.45) is 0 Å². The Bertz CT molecular complexity index is 2440. The highest BCUT2D eigenvalue weighted by molar-refractivity contribution is 6.09. The van der Waals surface area contributed by atoms with E-state index in [1.54, 1.807) is 0 Å². The Kier molecular flexibility index (Phi) is 5.27. The SMILES string of the molecule is c1ccc(N(c2ccc3ccc4ccccc4c3c2)c2cccc3c2-c2ccccc2C32c3ccccc3-c3ccccc32)cc1. The van der Waals surface area contributed by atoms with Crippen molar-refractivity contribution >= 4 is 38.6 Å². The van der Waals surface area contributed by atoms with Crippen molar-refractivity contribution in [3.8, 4) is 22.3 Å². The van der Waals surface area contributed by atoms with Gasteiger partial charge < -0.3 is 4.90 Å². The predicted molar refractivity (Wildman–Crippen MR) is 192 cm³/mol. The molecule has 0 bridgehead atoms. The van der Waals surface area contributed by atoms with Gasteiger partial charge in [0.2, 0.25) is 0 Å². The van der Waals surface area contributed by atoms with E-state index in [-0.39, 0.29) is 5.41 Å². The minimum Gasteiger partial charge on any atom is -0.310 e. The molecule has 2 aliphatic carbocycles. The number of anilines is 3. The van der Waals surface area contributed by atoms with Crippen LogP contribution in [0.1, 0.15) is 22.3 Å². The molecule has 0 radical (unpaired) electrons. The van der Waals surface area contributed by atoms with Gasteiger partial charge in [-0.2, -0.15) is 0 Å². The Hall–Kier alpha value is -5.92. The zero-order valence-corrected chi connectivity index (χ0v) is 25.2. The van der Waals surface area contributed by atoms with E-state index in [0.29, 0.717) is 0 Å². The highest BCUT2D eigenvalue weighted by Crippen LogP contribution is 2.64. The van der Waals surface area contributed by atoms with Gasteiger partial charge in [-0.25, -0.2) is 0 Å². The molecule has 0 fully saturated rings. The van der Waals surface area contributed by atoms with Gasteiger partial charge in [0.25, 0.3) is 0 Å². The summed E-state index contributed by atoms with van der Waals surface area (Å²) in [5.74, 6) is 0. The highest BCUT2D eigenvalue weighted by Gasteiger charge is 2.52. The average Bonchev–Trinajstić information content (AvgIpc) is 3.60. The third kappa shape index (κ3) is 3.29. The molecule has 1 spiro atoms. The lowest BCUT2D eigenvalue weighted by atomic mass is 9.70. The molecule has 0 N–H and O–H groups in total. The van der Waals surface area contributed by atoms with Gasteiger partial charge in [-0.3, -0.25) is 0 Å². The molecule has 46 heavy (non-hydrogen) atoms. The van der Waals surface area contributed by atoms with Gasteiger partial charge in [-0.05, 0) is 90.8 Å². The Balaban J connectivity index is 1.30. The molecule has 0 aliphatic heterocycles. The molecule has 0 heterocycles. The number of rotatable bonds is 3. The summed E-state index contributed by atoms with van der Waals surface area (Å²) in [7, 11) is 0. The topological polar surface area (TPSA) is 3.24 Å². The van der Waals surface area contributed by atoms with Crippen LogP contribution in [0.5, 0.6) is 0 Å². The summed E-state index contributed by atoms with van der Waals surface area (Å²) < 4.78 is 0. The Morgan fingerprint density at radius 2 is 0.891 bits per heavy atom. The number of hydrogen-bond acceptors (Lipinski definition) is 1. The van der Waals surface area contributed by atoms with Crippen LogP contribution in [0.25, 0.3) is 43.8 Å². The van der Waals surface area contributed by atoms with E-state index < -0.39 is 0 Å². The number of fused-ring (bicyclic) bond motifs is 13. The van der Waals surface area contributed by atoms with Crippen LogP contribution in [0, 0.1) is 0 Å². The number of nitrogens with zero attached hydrogens (tertiary/aromatic N) is 1. The van der Waals surface area contributed by atoms with E-state index in [1.165, 1.54) is 71.7 Å². The first kappa shape index (κ1) is 25.4. The molecule has 0 amide bonds. The van der Waals surface area contributed by atoms with Gasteiger partial charge in [0, 0.05) is 16.9 Å². The summed E-state index contributed by atoms with van der Waals surface area (Å²) in [5, 5.41) is 5.04. The van der Waals surface area contributed by atoms with E-state index in [1.807, 2.05) is 0 Å². The lowest BCUT2D eigenvalue weighted by Crippen LogP contribution is -2.26. The normalized spacial score (nSPS) is 13.4. The van der Waals surface area contributed by atoms with Gasteiger partial charge in [-0.15, -0.1) is 0 Å². The summed E-state index contributed by atoms with van der Waals surface area (Å²) in [6.07, 6.45) is 0. The number of para-hydroxylation sites is 1. The molecular formula is C45H29N. The largest absolute Gasteiger partial charge is 0.310 e. The van der Waals surface area contributed by atoms with Crippen LogP contribution in [-0.4, -0.2) is 0 Å². The molecule has 2 aliphatic rings. The van der Waals surface area contributed by atoms with Crippen LogP contribution in [-0.2, 0) is 5.41 Å². The second-order valence-corrected chi connectivity index (χ2v) is 12.4. The summed E-state index contributed by atoms with van der Waals surface area (Å²) in [6, 6.07) is 65.0. The zero-order valence-electron chi connectivity index (χ0n) is 25.2. The summed E-state index contributed by atoms with van der Waals surface area (Å²) in [4.78, 5) is 2.46. The van der Waals surface area contributed by atoms with Gasteiger partial charge in [0.05, 0.1) is 11.1 Å². The van der Waals surface area contributed by atoms with Crippen LogP contribution in [0.3, 0.4) is 0 Å². The maximum absolute atomic E-state index is 2.46. The monoisotopic (exact) mass is 583 g/mol. The highest BCUT2D eigenvalue weighted by atomic mass is 15.1. The summed E-state index contributed by atoms with van der Waals surface area (Å²) in [6.45, 7) is 0. The van der Waals surface area contributed by atoms with Crippen LogP contribution in [0.4, 0.5) is 17.1 Å². The zero-order chi connectivity index (χ0) is 30.2. The number of hydrogen-bond donors (Lipinski definition) is 0. The molecule has 0 unspecified atom stereocenters. The smallest absolute Gasteiger partial charge is 0.0726 e. The van der Waals surface area contributed by atoms with E-state index in [4.69, 9.17) is 0 Å². The quantitative estimate of drug-likeness (QED) is 0.187. The van der Waals surface area contributed by atoms with Crippen LogP contribution < -0.4 is 4.90 Å². The molecule has 10 rings (SSSR count). The first-order valence-electron chi connectivity index (χ1n) is 16.0. The molecule has 1 heteroatoms. The van der Waals surface area contributed by atoms with Crippen LogP contribution in [0.15, 0.2) is 176 Å². The molecule has 0 aromatic heterocycles. The van der Waals surface area contributed by atoms with Crippen LogP contribution >= 0.6 is 0 Å². The van der Waals surface area contributed by atoms with E-state index in [2.05, 4.69) is 181 Å². The van der Waals surface area contributed by atoms with Gasteiger partial charge in [0.15, 0.2) is 0 Å². The van der Waals surface area contributed by atoms with E-state index >= 15 is 0 Å². The first-order chi connectivity index (χ1) is 22.8.